The zero-order chi connectivity index (χ0) is 85.9. The number of nitrogens with zero attached hydrogens (tertiary/aromatic N) is 4. The number of anilines is 6. The van der Waals surface area contributed by atoms with Crippen LogP contribution in [0.1, 0.15) is 211 Å². The molecule has 2 aliphatic rings. The van der Waals surface area contributed by atoms with Crippen molar-refractivity contribution in [1.82, 2.24) is 9.13 Å². The molecule has 5 nitrogen and oxygen atoms in total. The van der Waals surface area contributed by atoms with Gasteiger partial charge in [0.2, 0.25) is 0 Å². The molecular weight excluding hydrogens is 1480 g/mol. The highest BCUT2D eigenvalue weighted by Crippen LogP contribution is 2.56. The zero-order valence-corrected chi connectivity index (χ0v) is 76.3. The van der Waals surface area contributed by atoms with E-state index in [9.17, 15) is 0 Å². The van der Waals surface area contributed by atoms with E-state index < -0.39 is 0 Å². The van der Waals surface area contributed by atoms with Gasteiger partial charge in [-0.15, -0.1) is 0 Å². The van der Waals surface area contributed by atoms with Gasteiger partial charge in [0.15, 0.2) is 0 Å². The van der Waals surface area contributed by atoms with Crippen molar-refractivity contribution in [1.29, 1.82) is 0 Å². The Kier molecular flexibility index (Phi) is 18.2. The Morgan fingerprint density at radius 2 is 0.582 bits per heavy atom. The van der Waals surface area contributed by atoms with Gasteiger partial charge in [-0.2, -0.15) is 0 Å². The lowest BCUT2D eigenvalue weighted by molar-refractivity contribution is 0.569. The predicted molar refractivity (Wildman–Crippen MR) is 528 cm³/mol. The van der Waals surface area contributed by atoms with Gasteiger partial charge < -0.3 is 23.4 Å². The van der Waals surface area contributed by atoms with Gasteiger partial charge in [-0.1, -0.05) is 324 Å². The molecule has 2 aliphatic heterocycles. The number of rotatable bonds is 8. The molecule has 14 aromatic carbocycles. The standard InChI is InChI=1S/C116H117BN4O/c1-109(2,3)76-39-33-38-72(54-76)75-57-101(106-86-40-31-32-41-104(86)122-105(106)60-75)120-99-68-84(118-95-50-42-77(110(4,5)6)62-89(95)90-63-78(111(7,8)9)43-51-96(90)118)46-48-93(99)117-94-49-47-85(119-97-52-44-79(112(10,11)12)64-91(97)92-65-80(113(13,14)15)45-53-98(92)119)69-100(94)121(103-59-74(58-102(120)107(103)117)73-55-81(114(16,17)18)61-82(56-73)115(19,20)21)108-87(70-34-27-25-28-35-70)66-83(116(22,23)24)67-88(108)71-36-29-26-30-37-71/h25-69H,1-24H3. The van der Waals surface area contributed by atoms with Gasteiger partial charge in [-0.05, 0) is 253 Å². The molecule has 0 radical (unpaired) electrons. The van der Waals surface area contributed by atoms with E-state index in [-0.39, 0.29) is 50.0 Å². The Labute approximate surface area is 724 Å². The van der Waals surface area contributed by atoms with Gasteiger partial charge in [0, 0.05) is 72.2 Å². The molecule has 0 aliphatic carbocycles. The lowest BCUT2D eigenvalue weighted by Crippen LogP contribution is -2.61. The molecule has 0 unspecified atom stereocenters. The van der Waals surface area contributed by atoms with E-state index in [0.717, 1.165) is 106 Å². The lowest BCUT2D eigenvalue weighted by atomic mass is 9.33. The Morgan fingerprint density at radius 1 is 0.230 bits per heavy atom. The van der Waals surface area contributed by atoms with Crippen LogP contribution in [-0.4, -0.2) is 15.8 Å². The van der Waals surface area contributed by atoms with E-state index in [2.05, 4.69) is 458 Å². The molecule has 0 saturated heterocycles. The van der Waals surface area contributed by atoms with Crippen LogP contribution < -0.4 is 26.2 Å². The number of hydrogen-bond acceptors (Lipinski definition) is 3. The second-order valence-corrected chi connectivity index (χ2v) is 43.6. The molecule has 6 heteroatoms. The highest BCUT2D eigenvalue weighted by Gasteiger charge is 2.47. The molecule has 17 aromatic rings. The van der Waals surface area contributed by atoms with E-state index in [1.807, 2.05) is 0 Å². The van der Waals surface area contributed by atoms with Gasteiger partial charge in [-0.25, -0.2) is 0 Å². The highest BCUT2D eigenvalue weighted by molar-refractivity contribution is 7.00. The van der Waals surface area contributed by atoms with Crippen molar-refractivity contribution in [2.45, 2.75) is 209 Å². The second kappa shape index (κ2) is 27.8. The predicted octanol–water partition coefficient (Wildman–Crippen LogP) is 30.9. The third-order valence-corrected chi connectivity index (χ3v) is 26.7. The van der Waals surface area contributed by atoms with Crippen LogP contribution in [-0.2, 0) is 43.3 Å². The molecular formula is C116H117BN4O. The normalized spacial score (nSPS) is 13.7. The van der Waals surface area contributed by atoms with Crippen LogP contribution in [0.4, 0.5) is 34.1 Å². The van der Waals surface area contributed by atoms with Crippen molar-refractivity contribution in [3.63, 3.8) is 0 Å². The maximum atomic E-state index is 7.39. The quantitative estimate of drug-likeness (QED) is 0.142. The molecule has 19 rings (SSSR count). The van der Waals surface area contributed by atoms with Crippen molar-refractivity contribution in [2.75, 3.05) is 9.80 Å². The molecule has 0 N–H and O–H groups in total. The van der Waals surface area contributed by atoms with Crippen LogP contribution in [0.25, 0.3) is 121 Å². The lowest BCUT2D eigenvalue weighted by Gasteiger charge is -2.46. The molecule has 0 saturated carbocycles. The van der Waals surface area contributed by atoms with Crippen molar-refractivity contribution >= 4 is 123 Å². The average Bonchev–Trinajstić information content (AvgIpc) is 0.728. The summed E-state index contributed by atoms with van der Waals surface area (Å²) in [6.07, 6.45) is 0. The zero-order valence-electron chi connectivity index (χ0n) is 76.3. The van der Waals surface area contributed by atoms with Gasteiger partial charge in [-0.3, -0.25) is 0 Å². The van der Waals surface area contributed by atoms with E-state index in [0.29, 0.717) is 0 Å². The molecule has 5 heterocycles. The Hall–Kier alpha value is -11.9. The summed E-state index contributed by atoms with van der Waals surface area (Å²) in [5.41, 5.74) is 37.2. The molecule has 0 bridgehead atoms. The fourth-order valence-corrected chi connectivity index (χ4v) is 19.4. The number of furan rings is 1. The topological polar surface area (TPSA) is 29.5 Å². The first kappa shape index (κ1) is 79.9. The summed E-state index contributed by atoms with van der Waals surface area (Å²) >= 11 is 0. The number of aromatic nitrogens is 2. The summed E-state index contributed by atoms with van der Waals surface area (Å²) in [6.45, 7) is 56.1. The SMILES string of the molecule is CC(C)(C)c1cccc(-c2cc(N3c4cc(-n5c6ccc(C(C)(C)C)cc6c6cc(C(C)(C)C)ccc65)ccc4B4c5ccc(-n6c7ccc(C(C)(C)C)cc7c7cc(C(C)(C)C)ccc76)cc5N(c5c(-c6ccccc6)cc(C(C)(C)C)cc5-c5ccccc5)c5cc(-c6cc(C(C)(C)C)cc(C(C)(C)C)c6)cc3c54)c3c(c2)oc2ccccc23)c1. The third kappa shape index (κ3) is 13.5. The second-order valence-electron chi connectivity index (χ2n) is 43.6. The minimum atomic E-state index is -0.318. The van der Waals surface area contributed by atoms with Crippen LogP contribution in [0.3, 0.4) is 0 Å². The molecule has 0 fully saturated rings. The van der Waals surface area contributed by atoms with Gasteiger partial charge in [0.25, 0.3) is 6.71 Å². The number of benzene rings is 14. The molecule has 3 aromatic heterocycles. The summed E-state index contributed by atoms with van der Waals surface area (Å²) in [6, 6.07) is 107. The van der Waals surface area contributed by atoms with Crippen LogP contribution in [0.15, 0.2) is 277 Å². The van der Waals surface area contributed by atoms with Gasteiger partial charge in [0.1, 0.15) is 11.2 Å². The van der Waals surface area contributed by atoms with Crippen LogP contribution >= 0.6 is 0 Å². The summed E-state index contributed by atoms with van der Waals surface area (Å²) in [5.74, 6) is 0. The van der Waals surface area contributed by atoms with Crippen LogP contribution in [0.2, 0.25) is 0 Å². The number of para-hydroxylation sites is 1. The van der Waals surface area contributed by atoms with Crippen molar-refractivity contribution in [3.8, 4) is 55.9 Å². The fraction of sp³-hybridized carbons (Fsp3) is 0.276. The summed E-state index contributed by atoms with van der Waals surface area (Å²) in [4.78, 5) is 5.48. The van der Waals surface area contributed by atoms with Gasteiger partial charge >= 0.3 is 0 Å². The Bertz CT molecular complexity index is 6900. The Morgan fingerprint density at radius 3 is 1.02 bits per heavy atom. The first-order chi connectivity index (χ1) is 57.5. The van der Waals surface area contributed by atoms with Crippen molar-refractivity contribution < 1.29 is 4.42 Å². The smallest absolute Gasteiger partial charge is 0.252 e. The molecule has 0 atom stereocenters. The van der Waals surface area contributed by atoms with Crippen LogP contribution in [0.5, 0.6) is 0 Å². The summed E-state index contributed by atoms with van der Waals surface area (Å²) in [7, 11) is 0. The van der Waals surface area contributed by atoms with E-state index in [1.165, 1.54) is 110 Å². The minimum absolute atomic E-state index is 0.0823. The van der Waals surface area contributed by atoms with Gasteiger partial charge in [0.05, 0.1) is 38.8 Å². The largest absolute Gasteiger partial charge is 0.456 e. The number of hydrogen-bond donors (Lipinski definition) is 0. The van der Waals surface area contributed by atoms with E-state index in [4.69, 9.17) is 4.42 Å². The average molecular weight is 1590 g/mol. The first-order valence-corrected chi connectivity index (χ1v) is 44.3. The third-order valence-electron chi connectivity index (χ3n) is 26.7. The van der Waals surface area contributed by atoms with Crippen molar-refractivity contribution in [3.05, 3.63) is 317 Å². The van der Waals surface area contributed by atoms with Crippen molar-refractivity contribution in [2.24, 2.45) is 0 Å². The van der Waals surface area contributed by atoms with E-state index >= 15 is 0 Å². The molecule has 122 heavy (non-hydrogen) atoms. The Balaban J connectivity index is 1.02. The monoisotopic (exact) mass is 1590 g/mol. The maximum absolute atomic E-state index is 7.39. The minimum Gasteiger partial charge on any atom is -0.456 e. The molecule has 610 valence electrons. The van der Waals surface area contributed by atoms with Crippen LogP contribution in [0, 0.1) is 0 Å². The maximum Gasteiger partial charge on any atom is 0.252 e. The summed E-state index contributed by atoms with van der Waals surface area (Å²) < 4.78 is 12.5. The highest BCUT2D eigenvalue weighted by atomic mass is 16.3. The first-order valence-electron chi connectivity index (χ1n) is 44.3. The number of fused-ring (bicyclic) bond motifs is 13. The fourth-order valence-electron chi connectivity index (χ4n) is 19.4. The van der Waals surface area contributed by atoms with E-state index in [1.54, 1.807) is 0 Å². The summed E-state index contributed by atoms with van der Waals surface area (Å²) in [5, 5.41) is 7.13. The molecule has 0 amide bonds. The molecule has 0 spiro atoms.